The topological polar surface area (TPSA) is 66.0 Å². The molecule has 3 heterocycles. The van der Waals surface area contributed by atoms with Crippen molar-refractivity contribution in [2.75, 3.05) is 13.2 Å². The van der Waals surface area contributed by atoms with Crippen LogP contribution >= 0.6 is 0 Å². The zero-order chi connectivity index (χ0) is 15.1. The van der Waals surface area contributed by atoms with Gasteiger partial charge in [-0.05, 0) is 38.0 Å². The average molecular weight is 298 g/mol. The van der Waals surface area contributed by atoms with Gasteiger partial charge in [0.15, 0.2) is 0 Å². The molecule has 0 amide bonds. The summed E-state index contributed by atoms with van der Waals surface area (Å²) in [6.07, 6.45) is 2.08. The molecule has 3 aromatic rings. The molecule has 0 spiro atoms. The molecule has 1 atom stereocenters. The number of nitrogens with zero attached hydrogens (tertiary/aromatic N) is 4. The SMILES string of the molecule is Cc1nc2cc(-c3nnc(C4CCCOC4)o3)ccc2n1C. The Hall–Kier alpha value is -2.21. The molecule has 1 aliphatic heterocycles. The predicted molar refractivity (Wildman–Crippen MR) is 81.5 cm³/mol. The van der Waals surface area contributed by atoms with E-state index in [4.69, 9.17) is 9.15 Å². The fourth-order valence-electron chi connectivity index (χ4n) is 2.90. The summed E-state index contributed by atoms with van der Waals surface area (Å²) >= 11 is 0. The molecule has 4 rings (SSSR count). The first kappa shape index (κ1) is 13.5. The first-order chi connectivity index (χ1) is 10.7. The summed E-state index contributed by atoms with van der Waals surface area (Å²) in [6.45, 7) is 3.49. The largest absolute Gasteiger partial charge is 0.420 e. The van der Waals surface area contributed by atoms with Crippen LogP contribution in [0.25, 0.3) is 22.5 Å². The van der Waals surface area contributed by atoms with Gasteiger partial charge in [-0.2, -0.15) is 0 Å². The monoisotopic (exact) mass is 298 g/mol. The third kappa shape index (κ3) is 2.20. The lowest BCUT2D eigenvalue weighted by Crippen LogP contribution is -2.15. The summed E-state index contributed by atoms with van der Waals surface area (Å²) < 4.78 is 13.4. The average Bonchev–Trinajstić information content (AvgIpc) is 3.14. The van der Waals surface area contributed by atoms with Gasteiger partial charge in [-0.25, -0.2) is 4.98 Å². The fourth-order valence-corrected chi connectivity index (χ4v) is 2.90. The van der Waals surface area contributed by atoms with Gasteiger partial charge < -0.3 is 13.7 Å². The molecule has 1 unspecified atom stereocenters. The first-order valence-electron chi connectivity index (χ1n) is 7.57. The van der Waals surface area contributed by atoms with Crippen LogP contribution in [-0.4, -0.2) is 33.0 Å². The molecule has 6 heteroatoms. The number of hydrogen-bond donors (Lipinski definition) is 0. The molecule has 0 radical (unpaired) electrons. The predicted octanol–water partition coefficient (Wildman–Crippen LogP) is 2.83. The first-order valence-corrected chi connectivity index (χ1v) is 7.57. The molecule has 0 saturated carbocycles. The van der Waals surface area contributed by atoms with Gasteiger partial charge in [0.05, 0.1) is 23.6 Å². The molecule has 0 aliphatic carbocycles. The number of hydrogen-bond acceptors (Lipinski definition) is 5. The van der Waals surface area contributed by atoms with Gasteiger partial charge in [0.2, 0.25) is 11.8 Å². The van der Waals surface area contributed by atoms with E-state index in [0.717, 1.165) is 41.9 Å². The second-order valence-corrected chi connectivity index (χ2v) is 5.78. The van der Waals surface area contributed by atoms with Crippen LogP contribution in [0.4, 0.5) is 0 Å². The van der Waals surface area contributed by atoms with E-state index in [1.54, 1.807) is 0 Å². The summed E-state index contributed by atoms with van der Waals surface area (Å²) in [5.74, 6) is 2.42. The van der Waals surface area contributed by atoms with Gasteiger partial charge >= 0.3 is 0 Å². The van der Waals surface area contributed by atoms with E-state index in [0.29, 0.717) is 18.4 Å². The number of aromatic nitrogens is 4. The van der Waals surface area contributed by atoms with Crippen LogP contribution in [-0.2, 0) is 11.8 Å². The number of benzene rings is 1. The highest BCUT2D eigenvalue weighted by atomic mass is 16.5. The lowest BCUT2D eigenvalue weighted by atomic mass is 10.0. The Morgan fingerprint density at radius 1 is 1.27 bits per heavy atom. The van der Waals surface area contributed by atoms with Gasteiger partial charge in [-0.1, -0.05) is 0 Å². The molecule has 0 N–H and O–H groups in total. The van der Waals surface area contributed by atoms with Crippen LogP contribution in [0.15, 0.2) is 22.6 Å². The van der Waals surface area contributed by atoms with E-state index in [-0.39, 0.29) is 5.92 Å². The highest BCUT2D eigenvalue weighted by molar-refractivity contribution is 5.80. The molecule has 1 aromatic carbocycles. The molecule has 2 aromatic heterocycles. The van der Waals surface area contributed by atoms with Crippen LogP contribution < -0.4 is 0 Å². The summed E-state index contributed by atoms with van der Waals surface area (Å²) in [6, 6.07) is 6.04. The number of aryl methyl sites for hydroxylation is 2. The van der Waals surface area contributed by atoms with Crippen LogP contribution in [0.2, 0.25) is 0 Å². The number of fused-ring (bicyclic) bond motifs is 1. The molecule has 22 heavy (non-hydrogen) atoms. The zero-order valence-electron chi connectivity index (χ0n) is 12.7. The minimum Gasteiger partial charge on any atom is -0.420 e. The van der Waals surface area contributed by atoms with Crippen molar-refractivity contribution < 1.29 is 9.15 Å². The van der Waals surface area contributed by atoms with Crippen molar-refractivity contribution in [2.24, 2.45) is 7.05 Å². The van der Waals surface area contributed by atoms with E-state index in [1.807, 2.05) is 32.2 Å². The van der Waals surface area contributed by atoms with Gasteiger partial charge in [0.25, 0.3) is 0 Å². The Morgan fingerprint density at radius 3 is 3.00 bits per heavy atom. The Kier molecular flexibility index (Phi) is 3.18. The molecule has 1 aliphatic rings. The zero-order valence-corrected chi connectivity index (χ0v) is 12.7. The highest BCUT2D eigenvalue weighted by Gasteiger charge is 2.22. The van der Waals surface area contributed by atoms with Crippen LogP contribution in [0.5, 0.6) is 0 Å². The summed E-state index contributed by atoms with van der Waals surface area (Å²) in [5, 5.41) is 8.39. The minimum atomic E-state index is 0.218. The molecular formula is C16H18N4O2. The molecule has 0 bridgehead atoms. The normalized spacial score (nSPS) is 18.9. The van der Waals surface area contributed by atoms with Crippen molar-refractivity contribution in [3.05, 3.63) is 29.9 Å². The molecule has 114 valence electrons. The molecular weight excluding hydrogens is 280 g/mol. The highest BCUT2D eigenvalue weighted by Crippen LogP contribution is 2.28. The Balaban J connectivity index is 1.68. The second kappa shape index (κ2) is 5.21. The van der Waals surface area contributed by atoms with Crippen LogP contribution in [0.1, 0.15) is 30.5 Å². The van der Waals surface area contributed by atoms with E-state index in [9.17, 15) is 0 Å². The number of rotatable bonds is 2. The van der Waals surface area contributed by atoms with Crippen molar-refractivity contribution in [1.29, 1.82) is 0 Å². The molecule has 1 saturated heterocycles. The fraction of sp³-hybridized carbons (Fsp3) is 0.438. The maximum Gasteiger partial charge on any atom is 0.247 e. The lowest BCUT2D eigenvalue weighted by Gasteiger charge is -2.18. The second-order valence-electron chi connectivity index (χ2n) is 5.78. The minimum absolute atomic E-state index is 0.218. The smallest absolute Gasteiger partial charge is 0.247 e. The lowest BCUT2D eigenvalue weighted by molar-refractivity contribution is 0.0727. The van der Waals surface area contributed by atoms with Crippen molar-refractivity contribution >= 4 is 11.0 Å². The Morgan fingerprint density at radius 2 is 2.18 bits per heavy atom. The quantitative estimate of drug-likeness (QED) is 0.728. The van der Waals surface area contributed by atoms with Crippen molar-refractivity contribution in [3.8, 4) is 11.5 Å². The van der Waals surface area contributed by atoms with E-state index in [2.05, 4.69) is 19.7 Å². The van der Waals surface area contributed by atoms with Crippen molar-refractivity contribution in [2.45, 2.75) is 25.7 Å². The standard InChI is InChI=1S/C16H18N4O2/c1-10-17-13-8-11(5-6-14(13)20(10)2)15-18-19-16(22-15)12-4-3-7-21-9-12/h5-6,8,12H,3-4,7,9H2,1-2H3. The third-order valence-corrected chi connectivity index (χ3v) is 4.30. The maximum absolute atomic E-state index is 5.86. The van der Waals surface area contributed by atoms with E-state index in [1.165, 1.54) is 0 Å². The van der Waals surface area contributed by atoms with Gasteiger partial charge in [0.1, 0.15) is 5.82 Å². The Bertz CT molecular complexity index is 815. The Labute approximate surface area is 128 Å². The van der Waals surface area contributed by atoms with Crippen molar-refractivity contribution in [3.63, 3.8) is 0 Å². The number of ether oxygens (including phenoxy) is 1. The van der Waals surface area contributed by atoms with Crippen molar-refractivity contribution in [1.82, 2.24) is 19.7 Å². The van der Waals surface area contributed by atoms with Gasteiger partial charge in [-0.3, -0.25) is 0 Å². The third-order valence-electron chi connectivity index (χ3n) is 4.30. The summed E-state index contributed by atoms with van der Waals surface area (Å²) in [4.78, 5) is 4.55. The molecule has 1 fully saturated rings. The maximum atomic E-state index is 5.86. The van der Waals surface area contributed by atoms with Gasteiger partial charge in [0, 0.05) is 19.2 Å². The summed E-state index contributed by atoms with van der Waals surface area (Å²) in [7, 11) is 2.01. The van der Waals surface area contributed by atoms with Gasteiger partial charge in [-0.15, -0.1) is 10.2 Å². The van der Waals surface area contributed by atoms with Crippen LogP contribution in [0, 0.1) is 6.92 Å². The number of imidazole rings is 1. The van der Waals surface area contributed by atoms with Crippen LogP contribution in [0.3, 0.4) is 0 Å². The summed E-state index contributed by atoms with van der Waals surface area (Å²) in [5.41, 5.74) is 2.95. The molecule has 6 nitrogen and oxygen atoms in total. The van der Waals surface area contributed by atoms with E-state index >= 15 is 0 Å². The van der Waals surface area contributed by atoms with E-state index < -0.39 is 0 Å².